The van der Waals surface area contributed by atoms with Gasteiger partial charge in [0.05, 0.1) is 7.11 Å². The molecular weight excluding hydrogens is 300 g/mol. The zero-order valence-corrected chi connectivity index (χ0v) is 13.2. The summed E-state index contributed by atoms with van der Waals surface area (Å²) in [6.45, 7) is 4.55. The number of nitrogens with two attached hydrogens (primary N) is 1. The van der Waals surface area contributed by atoms with Crippen molar-refractivity contribution in [3.8, 4) is 0 Å². The van der Waals surface area contributed by atoms with Crippen molar-refractivity contribution in [2.45, 2.75) is 25.4 Å². The van der Waals surface area contributed by atoms with E-state index in [1.807, 2.05) is 30.3 Å². The van der Waals surface area contributed by atoms with Gasteiger partial charge in [0, 0.05) is 0 Å². The predicted molar refractivity (Wildman–Crippen MR) is 85.6 cm³/mol. The molecule has 7 nitrogen and oxygen atoms in total. The number of nitrogens with one attached hydrogen (secondary N) is 1. The van der Waals surface area contributed by atoms with Crippen LogP contribution in [0.15, 0.2) is 43.0 Å². The molecule has 126 valence electrons. The fourth-order valence-corrected chi connectivity index (χ4v) is 1.44. The fraction of sp³-hybridized carbons (Fsp3) is 0.312. The summed E-state index contributed by atoms with van der Waals surface area (Å²) in [7, 11) is 1.34. The van der Waals surface area contributed by atoms with Gasteiger partial charge in [0.2, 0.25) is 5.91 Å². The van der Waals surface area contributed by atoms with Crippen LogP contribution in [0, 0.1) is 0 Å². The largest absolute Gasteiger partial charge is 0.480 e. The monoisotopic (exact) mass is 322 g/mol. The molecule has 0 saturated carbocycles. The average molecular weight is 322 g/mol. The molecule has 0 aromatic heterocycles. The lowest BCUT2D eigenvalue weighted by Gasteiger charge is -2.08. The lowest BCUT2D eigenvalue weighted by Crippen LogP contribution is -2.37. The first kappa shape index (κ1) is 20.3. The number of ether oxygens (including phenoxy) is 1. The van der Waals surface area contributed by atoms with Crippen LogP contribution in [-0.2, 0) is 25.5 Å². The van der Waals surface area contributed by atoms with Crippen molar-refractivity contribution in [2.75, 3.05) is 7.11 Å². The van der Waals surface area contributed by atoms with Gasteiger partial charge in [-0.2, -0.15) is 0 Å². The fourth-order valence-electron chi connectivity index (χ4n) is 1.44. The van der Waals surface area contributed by atoms with Crippen LogP contribution in [0.5, 0.6) is 0 Å². The topological polar surface area (TPSA) is 119 Å². The number of carboxylic acids is 1. The predicted octanol–water partition coefficient (Wildman–Crippen LogP) is 0.491. The standard InChI is InChI=1S/C10H13NO2.C6H9NO3/c1-13-10(12)9(11)7-8-5-3-2-4-6-8;1-3-5(8)7-4(2)6(9)10/h2-6,9H,7,11H2,1H3;3-4H,1H2,2H3,(H,7,8)(H,9,10). The smallest absolute Gasteiger partial charge is 0.325 e. The molecule has 1 aromatic carbocycles. The number of amides is 1. The molecule has 4 N–H and O–H groups in total. The number of aliphatic carboxylic acids is 1. The molecule has 2 unspecified atom stereocenters. The Morgan fingerprint density at radius 1 is 1.35 bits per heavy atom. The Morgan fingerprint density at radius 3 is 2.35 bits per heavy atom. The highest BCUT2D eigenvalue weighted by Crippen LogP contribution is 2.02. The minimum atomic E-state index is -1.06. The van der Waals surface area contributed by atoms with E-state index in [1.165, 1.54) is 14.0 Å². The lowest BCUT2D eigenvalue weighted by atomic mass is 10.1. The number of hydrogen-bond donors (Lipinski definition) is 3. The van der Waals surface area contributed by atoms with Crippen molar-refractivity contribution < 1.29 is 24.2 Å². The average Bonchev–Trinajstić information content (AvgIpc) is 2.55. The summed E-state index contributed by atoms with van der Waals surface area (Å²) in [5, 5.41) is 10.4. The number of benzene rings is 1. The number of carboxylic acid groups (broad SMARTS) is 1. The van der Waals surface area contributed by atoms with Crippen molar-refractivity contribution in [1.82, 2.24) is 5.32 Å². The van der Waals surface area contributed by atoms with Crippen LogP contribution in [-0.4, -0.2) is 42.1 Å². The van der Waals surface area contributed by atoms with Crippen molar-refractivity contribution in [3.05, 3.63) is 48.6 Å². The first-order valence-electron chi connectivity index (χ1n) is 6.84. The number of methoxy groups -OCH3 is 1. The maximum absolute atomic E-state index is 11.0. The van der Waals surface area contributed by atoms with E-state index < -0.39 is 24.0 Å². The zero-order chi connectivity index (χ0) is 17.8. The van der Waals surface area contributed by atoms with E-state index in [0.29, 0.717) is 6.42 Å². The molecule has 0 fully saturated rings. The Balaban J connectivity index is 0.000000438. The third-order valence-corrected chi connectivity index (χ3v) is 2.72. The summed E-state index contributed by atoms with van der Waals surface area (Å²) < 4.78 is 4.52. The van der Waals surface area contributed by atoms with Crippen LogP contribution in [0.1, 0.15) is 12.5 Å². The lowest BCUT2D eigenvalue weighted by molar-refractivity contribution is -0.142. The molecule has 2 atom stereocenters. The summed E-state index contributed by atoms with van der Waals surface area (Å²) in [4.78, 5) is 31.5. The molecule has 0 bridgehead atoms. The third-order valence-electron chi connectivity index (χ3n) is 2.72. The Labute approximate surface area is 135 Å². The quantitative estimate of drug-likeness (QED) is 0.518. The molecule has 0 spiro atoms. The third kappa shape index (κ3) is 9.05. The summed E-state index contributed by atoms with van der Waals surface area (Å²) in [5.74, 6) is -1.91. The Kier molecular flexibility index (Phi) is 9.70. The van der Waals surface area contributed by atoms with E-state index >= 15 is 0 Å². The summed E-state index contributed by atoms with van der Waals surface area (Å²) in [6.07, 6.45) is 1.55. The minimum absolute atomic E-state index is 0.371. The highest BCUT2D eigenvalue weighted by molar-refractivity contribution is 5.90. The minimum Gasteiger partial charge on any atom is -0.480 e. The first-order valence-corrected chi connectivity index (χ1v) is 6.84. The zero-order valence-electron chi connectivity index (χ0n) is 13.2. The van der Waals surface area contributed by atoms with Crippen LogP contribution in [0.25, 0.3) is 0 Å². The van der Waals surface area contributed by atoms with Gasteiger partial charge in [-0.1, -0.05) is 36.9 Å². The van der Waals surface area contributed by atoms with E-state index in [9.17, 15) is 14.4 Å². The Bertz CT molecular complexity index is 531. The SMILES string of the molecule is C=CC(=O)NC(C)C(=O)O.COC(=O)C(N)Cc1ccccc1. The van der Waals surface area contributed by atoms with Crippen molar-refractivity contribution >= 4 is 17.8 Å². The first-order chi connectivity index (χ1) is 10.8. The molecule has 0 aliphatic carbocycles. The number of carbonyl (C=O) groups excluding carboxylic acids is 2. The Hall–Kier alpha value is -2.67. The number of rotatable bonds is 6. The van der Waals surface area contributed by atoms with E-state index in [-0.39, 0.29) is 5.97 Å². The molecule has 0 aliphatic heterocycles. The number of carbonyl (C=O) groups is 3. The molecule has 0 radical (unpaired) electrons. The molecule has 0 aliphatic rings. The van der Waals surface area contributed by atoms with Gasteiger partial charge in [0.25, 0.3) is 0 Å². The summed E-state index contributed by atoms with van der Waals surface area (Å²) in [6, 6.07) is 8.20. The van der Waals surface area contributed by atoms with Crippen LogP contribution in [0.2, 0.25) is 0 Å². The van der Waals surface area contributed by atoms with Gasteiger partial charge >= 0.3 is 11.9 Å². The number of esters is 1. The summed E-state index contributed by atoms with van der Waals surface area (Å²) in [5.41, 5.74) is 6.63. The van der Waals surface area contributed by atoms with Crippen LogP contribution >= 0.6 is 0 Å². The Morgan fingerprint density at radius 2 is 1.91 bits per heavy atom. The highest BCUT2D eigenvalue weighted by Gasteiger charge is 2.13. The van der Waals surface area contributed by atoms with Gasteiger partial charge in [0.1, 0.15) is 12.1 Å². The second-order valence-electron chi connectivity index (χ2n) is 4.59. The van der Waals surface area contributed by atoms with Gasteiger partial charge in [-0.25, -0.2) is 0 Å². The van der Waals surface area contributed by atoms with E-state index in [4.69, 9.17) is 10.8 Å². The van der Waals surface area contributed by atoms with Crippen molar-refractivity contribution in [2.24, 2.45) is 5.73 Å². The molecule has 1 amide bonds. The van der Waals surface area contributed by atoms with Gasteiger partial charge in [-0.05, 0) is 25.0 Å². The second-order valence-corrected chi connectivity index (χ2v) is 4.59. The molecule has 1 aromatic rings. The van der Waals surface area contributed by atoms with E-state index in [1.54, 1.807) is 0 Å². The highest BCUT2D eigenvalue weighted by atomic mass is 16.5. The van der Waals surface area contributed by atoms with Crippen molar-refractivity contribution in [1.29, 1.82) is 0 Å². The maximum Gasteiger partial charge on any atom is 0.325 e. The van der Waals surface area contributed by atoms with Crippen LogP contribution in [0.4, 0.5) is 0 Å². The van der Waals surface area contributed by atoms with Gasteiger partial charge in [0.15, 0.2) is 0 Å². The van der Waals surface area contributed by atoms with E-state index in [0.717, 1.165) is 11.6 Å². The molecule has 7 heteroatoms. The molecule has 23 heavy (non-hydrogen) atoms. The number of hydrogen-bond acceptors (Lipinski definition) is 5. The van der Waals surface area contributed by atoms with Crippen LogP contribution < -0.4 is 11.1 Å². The van der Waals surface area contributed by atoms with Gasteiger partial charge in [-0.3, -0.25) is 14.4 Å². The normalized spacial score (nSPS) is 12.0. The van der Waals surface area contributed by atoms with Crippen LogP contribution in [0.3, 0.4) is 0 Å². The maximum atomic E-state index is 11.0. The van der Waals surface area contributed by atoms with Crippen molar-refractivity contribution in [3.63, 3.8) is 0 Å². The van der Waals surface area contributed by atoms with Gasteiger partial charge in [-0.15, -0.1) is 0 Å². The molecular formula is C16H22N2O5. The second kappa shape index (κ2) is 11.0. The molecule has 0 saturated heterocycles. The van der Waals surface area contributed by atoms with E-state index in [2.05, 4.69) is 16.6 Å². The molecule has 0 heterocycles. The summed E-state index contributed by atoms with van der Waals surface area (Å²) >= 11 is 0. The van der Waals surface area contributed by atoms with Gasteiger partial charge < -0.3 is 20.9 Å². The molecule has 1 rings (SSSR count).